The highest BCUT2D eigenvalue weighted by Gasteiger charge is 2.31. The molecule has 0 aliphatic carbocycles. The number of amides is 2. The van der Waals surface area contributed by atoms with Gasteiger partial charge < -0.3 is 15.0 Å². The van der Waals surface area contributed by atoms with Gasteiger partial charge in [0.1, 0.15) is 11.8 Å². The minimum Gasteiger partial charge on any atom is -0.483 e. The van der Waals surface area contributed by atoms with Gasteiger partial charge in [0, 0.05) is 12.1 Å². The normalized spacial score (nSPS) is 12.2. The Kier molecular flexibility index (Phi) is 8.26. The molecule has 2 aromatic carbocycles. The van der Waals surface area contributed by atoms with Gasteiger partial charge in [0.25, 0.3) is 5.91 Å². The van der Waals surface area contributed by atoms with Crippen molar-refractivity contribution in [2.75, 3.05) is 6.61 Å². The van der Waals surface area contributed by atoms with E-state index >= 15 is 0 Å². The summed E-state index contributed by atoms with van der Waals surface area (Å²) >= 11 is 0. The second-order valence-electron chi connectivity index (χ2n) is 9.10. The number of nitrogens with one attached hydrogen (secondary N) is 1. The van der Waals surface area contributed by atoms with Crippen LogP contribution in [0.25, 0.3) is 0 Å². The Balaban J connectivity index is 2.28. The Labute approximate surface area is 186 Å². The number of carbonyl (C=O) groups is 2. The molecule has 0 aliphatic rings. The Morgan fingerprint density at radius 1 is 1.00 bits per heavy atom. The maximum atomic E-state index is 13.3. The molecule has 0 radical (unpaired) electrons. The quantitative estimate of drug-likeness (QED) is 0.667. The van der Waals surface area contributed by atoms with Gasteiger partial charge in [-0.2, -0.15) is 0 Å². The third-order valence-electron chi connectivity index (χ3n) is 5.39. The number of hydrogen-bond acceptors (Lipinski definition) is 3. The first-order chi connectivity index (χ1) is 14.5. The van der Waals surface area contributed by atoms with Gasteiger partial charge in [0.15, 0.2) is 6.61 Å². The average Bonchev–Trinajstić information content (AvgIpc) is 2.68. The van der Waals surface area contributed by atoms with E-state index in [1.54, 1.807) is 4.90 Å². The molecule has 2 rings (SSSR count). The highest BCUT2D eigenvalue weighted by atomic mass is 16.5. The van der Waals surface area contributed by atoms with Crippen LogP contribution in [0.1, 0.15) is 56.4 Å². The van der Waals surface area contributed by atoms with E-state index in [1.807, 2.05) is 90.9 Å². The van der Waals surface area contributed by atoms with E-state index in [0.717, 1.165) is 22.3 Å². The number of nitrogens with zero attached hydrogens (tertiary/aromatic N) is 1. The first-order valence-electron chi connectivity index (χ1n) is 10.9. The summed E-state index contributed by atoms with van der Waals surface area (Å²) in [6.07, 6.45) is 0.517. The minimum absolute atomic E-state index is 0.116. The SMILES string of the molecule is CC[C@@H](C(=O)NC(C)(C)C)N(Cc1ccccc1C)C(=O)COc1cccc(C)c1C. The monoisotopic (exact) mass is 424 g/mol. The van der Waals surface area contributed by atoms with Crippen LogP contribution < -0.4 is 10.1 Å². The number of carbonyl (C=O) groups excluding carboxylic acids is 2. The molecule has 0 heterocycles. The van der Waals surface area contributed by atoms with Crippen molar-refractivity contribution in [1.29, 1.82) is 0 Å². The van der Waals surface area contributed by atoms with Gasteiger partial charge in [-0.15, -0.1) is 0 Å². The smallest absolute Gasteiger partial charge is 0.261 e. The fraction of sp³-hybridized carbons (Fsp3) is 0.462. The fourth-order valence-electron chi connectivity index (χ4n) is 3.45. The highest BCUT2D eigenvalue weighted by Crippen LogP contribution is 2.21. The summed E-state index contributed by atoms with van der Waals surface area (Å²) in [5.41, 5.74) is 3.85. The molecule has 168 valence electrons. The van der Waals surface area contributed by atoms with Crippen molar-refractivity contribution in [2.24, 2.45) is 0 Å². The van der Waals surface area contributed by atoms with Crippen molar-refractivity contribution in [3.63, 3.8) is 0 Å². The zero-order valence-corrected chi connectivity index (χ0v) is 19.9. The topological polar surface area (TPSA) is 58.6 Å². The Bertz CT molecular complexity index is 915. The van der Waals surface area contributed by atoms with Crippen LogP contribution in [0, 0.1) is 20.8 Å². The molecular formula is C26H36N2O3. The molecule has 0 fully saturated rings. The summed E-state index contributed by atoms with van der Waals surface area (Å²) in [6, 6.07) is 13.2. The highest BCUT2D eigenvalue weighted by molar-refractivity contribution is 5.88. The summed E-state index contributed by atoms with van der Waals surface area (Å²) in [6.45, 7) is 14.0. The van der Waals surface area contributed by atoms with Crippen molar-refractivity contribution in [3.8, 4) is 5.75 Å². The molecule has 31 heavy (non-hydrogen) atoms. The van der Waals surface area contributed by atoms with E-state index in [9.17, 15) is 9.59 Å². The number of hydrogen-bond donors (Lipinski definition) is 1. The van der Waals surface area contributed by atoms with Crippen LogP contribution in [0.3, 0.4) is 0 Å². The van der Waals surface area contributed by atoms with Crippen LogP contribution in [0.15, 0.2) is 42.5 Å². The van der Waals surface area contributed by atoms with E-state index in [0.29, 0.717) is 18.7 Å². The summed E-state index contributed by atoms with van der Waals surface area (Å²) in [4.78, 5) is 28.0. The maximum absolute atomic E-state index is 13.3. The first kappa shape index (κ1) is 24.4. The van der Waals surface area contributed by atoms with E-state index in [4.69, 9.17) is 4.74 Å². The van der Waals surface area contributed by atoms with E-state index in [2.05, 4.69) is 5.32 Å². The lowest BCUT2D eigenvalue weighted by atomic mass is 10.0. The second-order valence-corrected chi connectivity index (χ2v) is 9.10. The maximum Gasteiger partial charge on any atom is 0.261 e. The van der Waals surface area contributed by atoms with Gasteiger partial charge >= 0.3 is 0 Å². The van der Waals surface area contributed by atoms with Crippen LogP contribution in [-0.4, -0.2) is 34.9 Å². The summed E-state index contributed by atoms with van der Waals surface area (Å²) in [5, 5.41) is 3.02. The van der Waals surface area contributed by atoms with Crippen LogP contribution in [0.5, 0.6) is 5.75 Å². The number of ether oxygens (including phenoxy) is 1. The minimum atomic E-state index is -0.575. The van der Waals surface area contributed by atoms with Gasteiger partial charge in [0.05, 0.1) is 0 Å². The molecule has 1 N–H and O–H groups in total. The Morgan fingerprint density at radius 3 is 2.26 bits per heavy atom. The van der Waals surface area contributed by atoms with Crippen molar-refractivity contribution >= 4 is 11.8 Å². The third-order valence-corrected chi connectivity index (χ3v) is 5.39. The lowest BCUT2D eigenvalue weighted by molar-refractivity contribution is -0.143. The van der Waals surface area contributed by atoms with Gasteiger partial charge in [0.2, 0.25) is 5.91 Å². The lowest BCUT2D eigenvalue weighted by Gasteiger charge is -2.33. The number of rotatable bonds is 8. The lowest BCUT2D eigenvalue weighted by Crippen LogP contribution is -2.54. The standard InChI is InChI=1S/C26H36N2O3/c1-8-22(25(30)27-26(5,6)7)28(16-21-14-10-9-12-19(21)3)24(29)17-31-23-15-11-13-18(2)20(23)4/h9-15,22H,8,16-17H2,1-7H3,(H,27,30)/t22-/m0/s1. The molecule has 5 nitrogen and oxygen atoms in total. The molecular weight excluding hydrogens is 388 g/mol. The Hall–Kier alpha value is -2.82. The van der Waals surface area contributed by atoms with Crippen LogP contribution in [0.4, 0.5) is 0 Å². The molecule has 5 heteroatoms. The van der Waals surface area contributed by atoms with Crippen LogP contribution in [-0.2, 0) is 16.1 Å². The van der Waals surface area contributed by atoms with Crippen LogP contribution in [0.2, 0.25) is 0 Å². The van der Waals surface area contributed by atoms with E-state index in [-0.39, 0.29) is 24.0 Å². The molecule has 0 aromatic heterocycles. The first-order valence-corrected chi connectivity index (χ1v) is 10.9. The predicted molar refractivity (Wildman–Crippen MR) is 125 cm³/mol. The zero-order chi connectivity index (χ0) is 23.2. The summed E-state index contributed by atoms with van der Waals surface area (Å²) < 4.78 is 5.88. The average molecular weight is 425 g/mol. The number of aryl methyl sites for hydroxylation is 2. The van der Waals surface area contributed by atoms with E-state index in [1.165, 1.54) is 0 Å². The fourth-order valence-corrected chi connectivity index (χ4v) is 3.45. The van der Waals surface area contributed by atoms with Crippen LogP contribution >= 0.6 is 0 Å². The Morgan fingerprint density at radius 2 is 1.65 bits per heavy atom. The molecule has 0 saturated heterocycles. The summed E-state index contributed by atoms with van der Waals surface area (Å²) in [5.74, 6) is 0.333. The van der Waals surface area contributed by atoms with Gasteiger partial charge in [-0.3, -0.25) is 9.59 Å². The van der Waals surface area contributed by atoms with Gasteiger partial charge in [-0.25, -0.2) is 0 Å². The van der Waals surface area contributed by atoms with E-state index < -0.39 is 6.04 Å². The van der Waals surface area contributed by atoms with Crippen molar-refractivity contribution < 1.29 is 14.3 Å². The molecule has 1 atom stereocenters. The van der Waals surface area contributed by atoms with Crippen molar-refractivity contribution in [3.05, 3.63) is 64.7 Å². The third kappa shape index (κ3) is 6.84. The molecule has 2 aromatic rings. The van der Waals surface area contributed by atoms with Gasteiger partial charge in [-0.05, 0) is 76.3 Å². The van der Waals surface area contributed by atoms with Gasteiger partial charge in [-0.1, -0.05) is 43.3 Å². The summed E-state index contributed by atoms with van der Waals surface area (Å²) in [7, 11) is 0. The molecule has 0 saturated carbocycles. The van der Waals surface area contributed by atoms with Crippen molar-refractivity contribution in [1.82, 2.24) is 10.2 Å². The molecule has 0 spiro atoms. The molecule has 2 amide bonds. The number of benzene rings is 2. The molecule has 0 aliphatic heterocycles. The zero-order valence-electron chi connectivity index (χ0n) is 19.9. The second kappa shape index (κ2) is 10.5. The predicted octanol–water partition coefficient (Wildman–Crippen LogP) is 4.71. The molecule has 0 bridgehead atoms. The largest absolute Gasteiger partial charge is 0.483 e. The molecule has 0 unspecified atom stereocenters. The van der Waals surface area contributed by atoms with Crippen molar-refractivity contribution in [2.45, 2.75) is 73.0 Å².